The molecule has 3 rings (SSSR count). The summed E-state index contributed by atoms with van der Waals surface area (Å²) in [5, 5.41) is 0.896. The minimum absolute atomic E-state index is 0.156. The number of carbonyl (C=O) groups is 1. The van der Waals surface area contributed by atoms with Crippen LogP contribution in [0.1, 0.15) is 12.5 Å². The minimum Gasteiger partial charge on any atom is -0.490 e. The van der Waals surface area contributed by atoms with E-state index in [1.54, 1.807) is 0 Å². The van der Waals surface area contributed by atoms with Gasteiger partial charge in [0.05, 0.1) is 14.2 Å². The number of hydrogen-bond acceptors (Lipinski definition) is 5. The van der Waals surface area contributed by atoms with Crippen LogP contribution in [0.15, 0.2) is 48.5 Å². The monoisotopic (exact) mass is 370 g/mol. The SMILES string of the molecule is COc1c(OC)c(OC(C)=O)c2ccc(F)cc2c1OCc1ccccc1. The van der Waals surface area contributed by atoms with Gasteiger partial charge in [-0.3, -0.25) is 4.79 Å². The first-order valence-corrected chi connectivity index (χ1v) is 8.27. The molecule has 0 saturated carbocycles. The van der Waals surface area contributed by atoms with Crippen LogP contribution in [0.4, 0.5) is 4.39 Å². The van der Waals surface area contributed by atoms with Crippen molar-refractivity contribution in [1.82, 2.24) is 0 Å². The summed E-state index contributed by atoms with van der Waals surface area (Å²) in [5.41, 5.74) is 0.937. The highest BCUT2D eigenvalue weighted by Gasteiger charge is 2.25. The summed E-state index contributed by atoms with van der Waals surface area (Å²) in [6, 6.07) is 13.6. The molecule has 0 aromatic heterocycles. The maximum atomic E-state index is 14.0. The highest BCUT2D eigenvalue weighted by atomic mass is 19.1. The first kappa shape index (κ1) is 18.5. The zero-order valence-electron chi connectivity index (χ0n) is 15.2. The molecule has 0 saturated heterocycles. The van der Waals surface area contributed by atoms with Gasteiger partial charge in [0.2, 0.25) is 11.5 Å². The molecule has 0 spiro atoms. The Morgan fingerprint density at radius 3 is 2.19 bits per heavy atom. The van der Waals surface area contributed by atoms with Crippen molar-refractivity contribution in [2.24, 2.45) is 0 Å². The molecule has 0 unspecified atom stereocenters. The lowest BCUT2D eigenvalue weighted by molar-refractivity contribution is -0.131. The Morgan fingerprint density at radius 1 is 0.889 bits per heavy atom. The van der Waals surface area contributed by atoms with E-state index >= 15 is 0 Å². The van der Waals surface area contributed by atoms with Crippen molar-refractivity contribution >= 4 is 16.7 Å². The van der Waals surface area contributed by atoms with Crippen molar-refractivity contribution in [2.45, 2.75) is 13.5 Å². The first-order valence-electron chi connectivity index (χ1n) is 8.27. The molecular formula is C21H19FO5. The minimum atomic E-state index is -0.529. The Kier molecular flexibility index (Phi) is 5.45. The lowest BCUT2D eigenvalue weighted by atomic mass is 10.1. The molecule has 0 atom stereocenters. The summed E-state index contributed by atoms with van der Waals surface area (Å²) < 4.78 is 36.1. The van der Waals surface area contributed by atoms with Gasteiger partial charge >= 0.3 is 5.97 Å². The number of fused-ring (bicyclic) bond motifs is 1. The molecule has 0 aliphatic rings. The molecule has 27 heavy (non-hydrogen) atoms. The van der Waals surface area contributed by atoms with E-state index < -0.39 is 11.8 Å². The van der Waals surface area contributed by atoms with Crippen LogP contribution >= 0.6 is 0 Å². The second kappa shape index (κ2) is 7.95. The largest absolute Gasteiger partial charge is 0.490 e. The van der Waals surface area contributed by atoms with Crippen LogP contribution in [-0.4, -0.2) is 20.2 Å². The average molecular weight is 370 g/mol. The van der Waals surface area contributed by atoms with Crippen LogP contribution in [-0.2, 0) is 11.4 Å². The van der Waals surface area contributed by atoms with Gasteiger partial charge in [-0.1, -0.05) is 30.3 Å². The fourth-order valence-electron chi connectivity index (χ4n) is 2.84. The van der Waals surface area contributed by atoms with Gasteiger partial charge in [-0.2, -0.15) is 0 Å². The lowest BCUT2D eigenvalue weighted by Gasteiger charge is -2.20. The van der Waals surface area contributed by atoms with E-state index in [1.165, 1.54) is 39.3 Å². The Balaban J connectivity index is 2.21. The Bertz CT molecular complexity index is 969. The third-order valence-electron chi connectivity index (χ3n) is 3.97. The van der Waals surface area contributed by atoms with Crippen LogP contribution in [0.25, 0.3) is 10.8 Å². The van der Waals surface area contributed by atoms with E-state index in [-0.39, 0.29) is 23.9 Å². The van der Waals surface area contributed by atoms with E-state index in [2.05, 4.69) is 0 Å². The van der Waals surface area contributed by atoms with E-state index in [1.807, 2.05) is 30.3 Å². The van der Waals surface area contributed by atoms with Crippen molar-refractivity contribution in [3.8, 4) is 23.0 Å². The summed E-state index contributed by atoms with van der Waals surface area (Å²) in [7, 11) is 2.87. The smallest absolute Gasteiger partial charge is 0.308 e. The molecule has 0 aliphatic heterocycles. The molecule has 0 amide bonds. The fourth-order valence-corrected chi connectivity index (χ4v) is 2.84. The first-order chi connectivity index (χ1) is 13.0. The van der Waals surface area contributed by atoms with Crippen molar-refractivity contribution in [1.29, 1.82) is 0 Å². The summed E-state index contributed by atoms with van der Waals surface area (Å²) in [5.74, 6) is -0.0860. The van der Waals surface area contributed by atoms with Crippen molar-refractivity contribution < 1.29 is 28.1 Å². The van der Waals surface area contributed by atoms with E-state index in [0.717, 1.165) is 5.56 Å². The van der Waals surface area contributed by atoms with Gasteiger partial charge in [0, 0.05) is 17.7 Å². The van der Waals surface area contributed by atoms with Crippen LogP contribution in [0.3, 0.4) is 0 Å². The van der Waals surface area contributed by atoms with E-state index in [4.69, 9.17) is 18.9 Å². The second-order valence-electron chi connectivity index (χ2n) is 5.78. The topological polar surface area (TPSA) is 54.0 Å². The van der Waals surface area contributed by atoms with Gasteiger partial charge in [-0.25, -0.2) is 4.39 Å². The molecule has 0 N–H and O–H groups in total. The predicted octanol–water partition coefficient (Wildman–Crippen LogP) is 4.50. The molecule has 3 aromatic carbocycles. The normalized spacial score (nSPS) is 10.5. The van der Waals surface area contributed by atoms with Crippen LogP contribution < -0.4 is 18.9 Å². The zero-order chi connectivity index (χ0) is 19.4. The molecular weight excluding hydrogens is 351 g/mol. The maximum absolute atomic E-state index is 14.0. The molecule has 140 valence electrons. The highest BCUT2D eigenvalue weighted by Crippen LogP contribution is 2.51. The van der Waals surface area contributed by atoms with Crippen molar-refractivity contribution in [3.63, 3.8) is 0 Å². The van der Waals surface area contributed by atoms with E-state index in [9.17, 15) is 9.18 Å². The number of hydrogen-bond donors (Lipinski definition) is 0. The molecule has 0 bridgehead atoms. The van der Waals surface area contributed by atoms with Crippen LogP contribution in [0.2, 0.25) is 0 Å². The number of ether oxygens (including phenoxy) is 4. The van der Waals surface area contributed by atoms with Crippen LogP contribution in [0, 0.1) is 5.82 Å². The maximum Gasteiger partial charge on any atom is 0.308 e. The summed E-state index contributed by atoms with van der Waals surface area (Å²) in [6.45, 7) is 1.53. The standard InChI is InChI=1S/C21H19FO5/c1-13(23)27-19-16-10-9-15(22)11-17(16)18(20(24-2)21(19)25-3)26-12-14-7-5-4-6-8-14/h4-11H,12H2,1-3H3. The number of methoxy groups -OCH3 is 2. The number of esters is 1. The summed E-state index contributed by atoms with van der Waals surface area (Å²) in [4.78, 5) is 11.6. The summed E-state index contributed by atoms with van der Waals surface area (Å²) in [6.07, 6.45) is 0. The molecule has 5 nitrogen and oxygen atoms in total. The second-order valence-corrected chi connectivity index (χ2v) is 5.78. The van der Waals surface area contributed by atoms with Gasteiger partial charge in [-0.15, -0.1) is 0 Å². The van der Waals surface area contributed by atoms with Gasteiger partial charge in [0.15, 0.2) is 11.5 Å². The molecule has 0 heterocycles. The number of halogens is 1. The number of benzene rings is 3. The van der Waals surface area contributed by atoms with Gasteiger partial charge in [0.25, 0.3) is 0 Å². The van der Waals surface area contributed by atoms with Gasteiger partial charge in [-0.05, 0) is 23.8 Å². The van der Waals surface area contributed by atoms with Gasteiger partial charge < -0.3 is 18.9 Å². The molecule has 6 heteroatoms. The summed E-state index contributed by atoms with van der Waals surface area (Å²) >= 11 is 0. The molecule has 0 aliphatic carbocycles. The zero-order valence-corrected chi connectivity index (χ0v) is 15.2. The van der Waals surface area contributed by atoms with Crippen LogP contribution in [0.5, 0.6) is 23.0 Å². The molecule has 3 aromatic rings. The van der Waals surface area contributed by atoms with E-state index in [0.29, 0.717) is 16.5 Å². The Labute approximate surface area is 156 Å². The third-order valence-corrected chi connectivity index (χ3v) is 3.97. The third kappa shape index (κ3) is 3.79. The number of carbonyl (C=O) groups excluding carboxylic acids is 1. The van der Waals surface area contributed by atoms with Crippen molar-refractivity contribution in [3.05, 3.63) is 59.9 Å². The highest BCUT2D eigenvalue weighted by molar-refractivity contribution is 6.00. The van der Waals surface area contributed by atoms with Gasteiger partial charge in [0.1, 0.15) is 12.4 Å². The Morgan fingerprint density at radius 2 is 1.56 bits per heavy atom. The average Bonchev–Trinajstić information content (AvgIpc) is 2.66. The molecule has 0 radical (unpaired) electrons. The lowest BCUT2D eigenvalue weighted by Crippen LogP contribution is -2.07. The predicted molar refractivity (Wildman–Crippen MR) is 99.1 cm³/mol. The van der Waals surface area contributed by atoms with Crippen molar-refractivity contribution in [2.75, 3.05) is 14.2 Å². The fraction of sp³-hybridized carbons (Fsp3) is 0.190. The number of rotatable bonds is 6. The quantitative estimate of drug-likeness (QED) is 0.472. The molecule has 0 fully saturated rings. The Hall–Kier alpha value is -3.28.